The van der Waals surface area contributed by atoms with Gasteiger partial charge in [-0.1, -0.05) is 12.8 Å². The summed E-state index contributed by atoms with van der Waals surface area (Å²) in [5.74, 6) is 0.961. The first-order chi connectivity index (χ1) is 8.26. The van der Waals surface area contributed by atoms with Crippen LogP contribution in [0.5, 0.6) is 0 Å². The zero-order valence-corrected chi connectivity index (χ0v) is 11.7. The van der Waals surface area contributed by atoms with Crippen molar-refractivity contribution < 1.29 is 4.74 Å². The summed E-state index contributed by atoms with van der Waals surface area (Å²) in [5, 5.41) is 8.70. The van der Waals surface area contributed by atoms with Crippen LogP contribution in [0.2, 0.25) is 0 Å². The lowest BCUT2D eigenvalue weighted by molar-refractivity contribution is 0.117. The zero-order valence-electron chi connectivity index (χ0n) is 10.8. The first-order valence-electron chi connectivity index (χ1n) is 6.45. The van der Waals surface area contributed by atoms with Crippen LogP contribution in [-0.2, 0) is 4.74 Å². The van der Waals surface area contributed by atoms with Crippen molar-refractivity contribution in [1.82, 2.24) is 4.90 Å². The van der Waals surface area contributed by atoms with E-state index in [9.17, 15) is 0 Å². The SMILES string of the molecule is COCCN(CCC#N)CC1(CS)CCCC1. The van der Waals surface area contributed by atoms with Gasteiger partial charge in [0, 0.05) is 33.2 Å². The molecule has 0 radical (unpaired) electrons. The standard InChI is InChI=1S/C13H24N2OS/c1-16-10-9-15(8-4-7-14)11-13(12-17)5-2-3-6-13/h17H,2-6,8-12H2,1H3. The Labute approximate surface area is 111 Å². The second-order valence-corrected chi connectivity index (χ2v) is 5.36. The molecule has 0 unspecified atom stereocenters. The summed E-state index contributed by atoms with van der Waals surface area (Å²) in [6.07, 6.45) is 5.83. The normalized spacial score (nSPS) is 18.5. The van der Waals surface area contributed by atoms with E-state index in [0.29, 0.717) is 11.8 Å². The van der Waals surface area contributed by atoms with Gasteiger partial charge in [-0.3, -0.25) is 4.90 Å². The Bertz CT molecular complexity index is 246. The monoisotopic (exact) mass is 256 g/mol. The van der Waals surface area contributed by atoms with Gasteiger partial charge in [0.15, 0.2) is 0 Å². The summed E-state index contributed by atoms with van der Waals surface area (Å²) in [4.78, 5) is 2.37. The van der Waals surface area contributed by atoms with Gasteiger partial charge in [0.2, 0.25) is 0 Å². The number of thiol groups is 1. The van der Waals surface area contributed by atoms with Crippen LogP contribution in [0.3, 0.4) is 0 Å². The third kappa shape index (κ3) is 4.87. The lowest BCUT2D eigenvalue weighted by Gasteiger charge is -2.34. The van der Waals surface area contributed by atoms with Crippen LogP contribution < -0.4 is 0 Å². The van der Waals surface area contributed by atoms with Gasteiger partial charge in [-0.15, -0.1) is 0 Å². The first kappa shape index (κ1) is 14.8. The zero-order chi connectivity index (χ0) is 12.6. The van der Waals surface area contributed by atoms with Gasteiger partial charge < -0.3 is 4.74 Å². The third-order valence-corrected chi connectivity index (χ3v) is 4.38. The van der Waals surface area contributed by atoms with Crippen LogP contribution >= 0.6 is 12.6 Å². The van der Waals surface area contributed by atoms with Gasteiger partial charge in [0.1, 0.15) is 0 Å². The number of methoxy groups -OCH3 is 1. The lowest BCUT2D eigenvalue weighted by Crippen LogP contribution is -2.39. The molecule has 0 spiro atoms. The average Bonchev–Trinajstić information content (AvgIpc) is 2.82. The maximum absolute atomic E-state index is 8.70. The van der Waals surface area contributed by atoms with Gasteiger partial charge in [-0.25, -0.2) is 0 Å². The molecular formula is C13H24N2OS. The van der Waals surface area contributed by atoms with Crippen molar-refractivity contribution in [3.63, 3.8) is 0 Å². The highest BCUT2D eigenvalue weighted by Gasteiger charge is 2.33. The number of ether oxygens (including phenoxy) is 1. The van der Waals surface area contributed by atoms with Crippen molar-refractivity contribution >= 4 is 12.6 Å². The molecule has 0 aromatic rings. The topological polar surface area (TPSA) is 36.3 Å². The molecule has 3 nitrogen and oxygen atoms in total. The molecule has 0 heterocycles. The average molecular weight is 256 g/mol. The Morgan fingerprint density at radius 1 is 1.35 bits per heavy atom. The molecule has 1 fully saturated rings. The molecule has 98 valence electrons. The van der Waals surface area contributed by atoms with E-state index < -0.39 is 0 Å². The van der Waals surface area contributed by atoms with Crippen molar-refractivity contribution in [3.8, 4) is 6.07 Å². The Hall–Kier alpha value is -0.240. The molecule has 4 heteroatoms. The van der Waals surface area contributed by atoms with Crippen LogP contribution in [0.4, 0.5) is 0 Å². The van der Waals surface area contributed by atoms with Gasteiger partial charge in [-0.2, -0.15) is 17.9 Å². The number of rotatable bonds is 8. The largest absolute Gasteiger partial charge is 0.383 e. The molecule has 1 aliphatic carbocycles. The summed E-state index contributed by atoms with van der Waals surface area (Å²) in [5.41, 5.74) is 0.381. The molecule has 0 aromatic heterocycles. The minimum absolute atomic E-state index is 0.381. The predicted octanol–water partition coefficient (Wildman–Crippen LogP) is 2.34. The summed E-state index contributed by atoms with van der Waals surface area (Å²) >= 11 is 4.54. The molecule has 0 atom stereocenters. The molecule has 0 saturated heterocycles. The van der Waals surface area contributed by atoms with E-state index in [1.165, 1.54) is 25.7 Å². The second kappa shape index (κ2) is 7.97. The van der Waals surface area contributed by atoms with E-state index in [2.05, 4.69) is 23.6 Å². The van der Waals surface area contributed by atoms with E-state index in [4.69, 9.17) is 10.00 Å². The third-order valence-electron chi connectivity index (χ3n) is 3.71. The highest BCUT2D eigenvalue weighted by atomic mass is 32.1. The predicted molar refractivity (Wildman–Crippen MR) is 73.3 cm³/mol. The minimum Gasteiger partial charge on any atom is -0.383 e. The maximum Gasteiger partial charge on any atom is 0.0635 e. The van der Waals surface area contributed by atoms with Crippen LogP contribution in [0.1, 0.15) is 32.1 Å². The fourth-order valence-electron chi connectivity index (χ4n) is 2.66. The fourth-order valence-corrected chi connectivity index (χ4v) is 3.08. The van der Waals surface area contributed by atoms with E-state index in [0.717, 1.165) is 32.0 Å². The Balaban J connectivity index is 2.47. The van der Waals surface area contributed by atoms with E-state index in [-0.39, 0.29) is 0 Å². The van der Waals surface area contributed by atoms with Gasteiger partial charge in [-0.05, 0) is 24.0 Å². The number of nitrogens with zero attached hydrogens (tertiary/aromatic N) is 2. The first-order valence-corrected chi connectivity index (χ1v) is 7.09. The van der Waals surface area contributed by atoms with Crippen LogP contribution in [0.15, 0.2) is 0 Å². The van der Waals surface area contributed by atoms with Crippen molar-refractivity contribution in [2.24, 2.45) is 5.41 Å². The number of hydrogen-bond acceptors (Lipinski definition) is 4. The summed E-state index contributed by atoms with van der Waals surface area (Å²) in [7, 11) is 1.73. The molecule has 0 aliphatic heterocycles. The van der Waals surface area contributed by atoms with E-state index in [1.807, 2.05) is 0 Å². The summed E-state index contributed by atoms with van der Waals surface area (Å²) < 4.78 is 5.14. The molecular weight excluding hydrogens is 232 g/mol. The van der Waals surface area contributed by atoms with Crippen LogP contribution in [0.25, 0.3) is 0 Å². The molecule has 1 saturated carbocycles. The summed E-state index contributed by atoms with van der Waals surface area (Å²) in [6, 6.07) is 2.23. The number of nitriles is 1. The molecule has 0 amide bonds. The van der Waals surface area contributed by atoms with Crippen molar-refractivity contribution in [2.45, 2.75) is 32.1 Å². The van der Waals surface area contributed by atoms with E-state index in [1.54, 1.807) is 7.11 Å². The van der Waals surface area contributed by atoms with Crippen LogP contribution in [-0.4, -0.2) is 44.0 Å². The fraction of sp³-hybridized carbons (Fsp3) is 0.923. The molecule has 17 heavy (non-hydrogen) atoms. The Morgan fingerprint density at radius 2 is 2.06 bits per heavy atom. The molecule has 1 aliphatic rings. The van der Waals surface area contributed by atoms with Gasteiger partial charge in [0.25, 0.3) is 0 Å². The summed E-state index contributed by atoms with van der Waals surface area (Å²) in [6.45, 7) is 3.60. The quantitative estimate of drug-likeness (QED) is 0.677. The minimum atomic E-state index is 0.381. The maximum atomic E-state index is 8.70. The van der Waals surface area contributed by atoms with Gasteiger partial charge in [0.05, 0.1) is 12.7 Å². The van der Waals surface area contributed by atoms with Crippen molar-refractivity contribution in [2.75, 3.05) is 39.1 Å². The Kier molecular flexibility index (Phi) is 6.94. The van der Waals surface area contributed by atoms with Gasteiger partial charge >= 0.3 is 0 Å². The second-order valence-electron chi connectivity index (χ2n) is 5.04. The number of hydrogen-bond donors (Lipinski definition) is 1. The molecule has 0 aromatic carbocycles. The van der Waals surface area contributed by atoms with Crippen molar-refractivity contribution in [3.05, 3.63) is 0 Å². The molecule has 0 bridgehead atoms. The lowest BCUT2D eigenvalue weighted by atomic mass is 9.88. The molecule has 0 N–H and O–H groups in total. The van der Waals surface area contributed by atoms with Crippen LogP contribution in [0, 0.1) is 16.7 Å². The highest BCUT2D eigenvalue weighted by Crippen LogP contribution is 2.39. The highest BCUT2D eigenvalue weighted by molar-refractivity contribution is 7.80. The Morgan fingerprint density at radius 3 is 2.59 bits per heavy atom. The van der Waals surface area contributed by atoms with E-state index >= 15 is 0 Å². The van der Waals surface area contributed by atoms with Crippen molar-refractivity contribution in [1.29, 1.82) is 5.26 Å². The molecule has 1 rings (SSSR count). The smallest absolute Gasteiger partial charge is 0.0635 e.